The monoisotopic (exact) mass is 344 g/mol. The number of Topliss-reactive ketones (excluding diaryl/α,β-unsaturated/α-hetero) is 1. The molecule has 1 saturated heterocycles. The third kappa shape index (κ3) is 6.24. The van der Waals surface area contributed by atoms with E-state index in [1.807, 2.05) is 6.92 Å². The molecule has 1 aromatic carbocycles. The number of hydrogen-bond donors (Lipinski definition) is 1. The molecule has 0 saturated carbocycles. The average molecular weight is 344 g/mol. The lowest BCUT2D eigenvalue weighted by atomic mass is 9.99. The van der Waals surface area contributed by atoms with Gasteiger partial charge in [0.15, 0.2) is 0 Å². The van der Waals surface area contributed by atoms with E-state index in [4.69, 9.17) is 5.73 Å². The van der Waals surface area contributed by atoms with Crippen molar-refractivity contribution in [1.29, 1.82) is 0 Å². The Bertz CT molecular complexity index is 531. The normalized spacial score (nSPS) is 20.0. The molecular formula is C18H27F3N2O. The fraction of sp³-hybridized carbons (Fsp3) is 0.611. The number of alkyl halides is 3. The van der Waals surface area contributed by atoms with Crippen molar-refractivity contribution in [3.63, 3.8) is 0 Å². The fourth-order valence-electron chi connectivity index (χ4n) is 2.84. The number of ketones is 1. The molecule has 0 amide bonds. The number of rotatable bonds is 3. The van der Waals surface area contributed by atoms with Crippen LogP contribution in [0.15, 0.2) is 24.3 Å². The summed E-state index contributed by atoms with van der Waals surface area (Å²) in [6.07, 6.45) is -0.614. The van der Waals surface area contributed by atoms with Crippen molar-refractivity contribution in [1.82, 2.24) is 4.90 Å². The molecule has 0 radical (unpaired) electrons. The van der Waals surface area contributed by atoms with Crippen LogP contribution >= 0.6 is 0 Å². The van der Waals surface area contributed by atoms with Crippen LogP contribution in [0.2, 0.25) is 0 Å². The lowest BCUT2D eigenvalue weighted by Gasteiger charge is -2.38. The van der Waals surface area contributed by atoms with Gasteiger partial charge in [0.2, 0.25) is 0 Å². The van der Waals surface area contributed by atoms with Gasteiger partial charge in [-0.3, -0.25) is 9.69 Å². The molecule has 1 fully saturated rings. The number of likely N-dealkylation sites (tertiary alicyclic amines) is 1. The summed E-state index contributed by atoms with van der Waals surface area (Å²) in [6, 6.07) is 5.70. The summed E-state index contributed by atoms with van der Waals surface area (Å²) in [6.45, 7) is 6.98. The Morgan fingerprint density at radius 2 is 2.04 bits per heavy atom. The maximum Gasteiger partial charge on any atom is 0.416 e. The van der Waals surface area contributed by atoms with Crippen LogP contribution in [0.1, 0.15) is 44.2 Å². The van der Waals surface area contributed by atoms with Gasteiger partial charge in [0.05, 0.1) is 11.6 Å². The molecule has 2 rings (SSSR count). The zero-order valence-corrected chi connectivity index (χ0v) is 14.6. The van der Waals surface area contributed by atoms with Crippen LogP contribution in [0.25, 0.3) is 0 Å². The van der Waals surface area contributed by atoms with Gasteiger partial charge in [0.1, 0.15) is 5.78 Å². The maximum absolute atomic E-state index is 12.0. The highest BCUT2D eigenvalue weighted by Gasteiger charge is 2.30. The van der Waals surface area contributed by atoms with Gasteiger partial charge in [-0.25, -0.2) is 0 Å². The molecule has 2 unspecified atom stereocenters. The molecule has 24 heavy (non-hydrogen) atoms. The third-order valence-corrected chi connectivity index (χ3v) is 4.38. The lowest BCUT2D eigenvalue weighted by Crippen LogP contribution is -2.50. The van der Waals surface area contributed by atoms with Crippen molar-refractivity contribution < 1.29 is 18.0 Å². The molecule has 0 bridgehead atoms. The molecule has 1 heterocycles. The summed E-state index contributed by atoms with van der Waals surface area (Å²) in [5, 5.41) is 0. The van der Waals surface area contributed by atoms with Gasteiger partial charge in [-0.2, -0.15) is 13.2 Å². The molecule has 0 aliphatic carbocycles. The first kappa shape index (κ1) is 20.6. The molecule has 2 atom stereocenters. The Labute approximate surface area is 142 Å². The van der Waals surface area contributed by atoms with Gasteiger partial charge in [-0.05, 0) is 46.2 Å². The molecule has 136 valence electrons. The van der Waals surface area contributed by atoms with E-state index in [1.165, 1.54) is 18.9 Å². The van der Waals surface area contributed by atoms with Gasteiger partial charge in [-0.1, -0.05) is 30.2 Å². The third-order valence-electron chi connectivity index (χ3n) is 4.38. The van der Waals surface area contributed by atoms with Crippen LogP contribution in [0.5, 0.6) is 0 Å². The first-order valence-electron chi connectivity index (χ1n) is 8.27. The number of benzene rings is 1. The molecule has 3 nitrogen and oxygen atoms in total. The number of halogens is 3. The SMILES string of the molecule is CC(=O)C(C)N1CCCCC1CN.Cc1cccc(C(F)(F)F)c1. The second kappa shape index (κ2) is 9.18. The number of aryl methyl sites for hydroxylation is 1. The van der Waals surface area contributed by atoms with Gasteiger partial charge in [0.25, 0.3) is 0 Å². The number of carbonyl (C=O) groups excluding carboxylic acids is 1. The maximum atomic E-state index is 12.0. The number of carbonyl (C=O) groups is 1. The molecule has 0 spiro atoms. The van der Waals surface area contributed by atoms with Crippen LogP contribution in [0.3, 0.4) is 0 Å². The largest absolute Gasteiger partial charge is 0.416 e. The van der Waals surface area contributed by atoms with Crippen molar-refractivity contribution in [3.05, 3.63) is 35.4 Å². The van der Waals surface area contributed by atoms with E-state index in [0.717, 1.165) is 25.1 Å². The summed E-state index contributed by atoms with van der Waals surface area (Å²) < 4.78 is 35.9. The second-order valence-corrected chi connectivity index (χ2v) is 6.28. The van der Waals surface area contributed by atoms with E-state index in [0.29, 0.717) is 18.2 Å². The first-order valence-corrected chi connectivity index (χ1v) is 8.27. The number of nitrogens with zero attached hydrogens (tertiary/aromatic N) is 1. The van der Waals surface area contributed by atoms with Gasteiger partial charge in [0, 0.05) is 12.6 Å². The van der Waals surface area contributed by atoms with Crippen molar-refractivity contribution in [2.75, 3.05) is 13.1 Å². The average Bonchev–Trinajstić information content (AvgIpc) is 2.54. The standard InChI is InChI=1S/C10H20N2O.C8H7F3/c1-8(9(2)13)12-6-4-3-5-10(12)7-11;1-6-3-2-4-7(5-6)8(9,10)11/h8,10H,3-7,11H2,1-2H3;2-5H,1H3. The van der Waals surface area contributed by atoms with Crippen molar-refractivity contribution in [3.8, 4) is 0 Å². The highest BCUT2D eigenvalue weighted by atomic mass is 19.4. The second-order valence-electron chi connectivity index (χ2n) is 6.28. The van der Waals surface area contributed by atoms with Crippen LogP contribution in [0.4, 0.5) is 13.2 Å². The number of piperidine rings is 1. The molecule has 1 aliphatic rings. The minimum Gasteiger partial charge on any atom is -0.329 e. The predicted molar refractivity (Wildman–Crippen MR) is 89.7 cm³/mol. The lowest BCUT2D eigenvalue weighted by molar-refractivity contribution is -0.137. The summed E-state index contributed by atoms with van der Waals surface area (Å²) in [7, 11) is 0. The topological polar surface area (TPSA) is 46.3 Å². The zero-order chi connectivity index (χ0) is 18.3. The highest BCUT2D eigenvalue weighted by molar-refractivity contribution is 5.81. The molecule has 0 aromatic heterocycles. The van der Waals surface area contributed by atoms with Gasteiger partial charge < -0.3 is 5.73 Å². The van der Waals surface area contributed by atoms with E-state index >= 15 is 0 Å². The van der Waals surface area contributed by atoms with Crippen molar-refractivity contribution in [2.24, 2.45) is 5.73 Å². The van der Waals surface area contributed by atoms with E-state index in [-0.39, 0.29) is 11.8 Å². The van der Waals surface area contributed by atoms with Crippen LogP contribution < -0.4 is 5.73 Å². The molecule has 6 heteroatoms. The van der Waals surface area contributed by atoms with E-state index in [2.05, 4.69) is 4.90 Å². The first-order chi connectivity index (χ1) is 11.2. The minimum atomic E-state index is -4.22. The number of nitrogens with two attached hydrogens (primary N) is 1. The Morgan fingerprint density at radius 1 is 1.38 bits per heavy atom. The van der Waals surface area contributed by atoms with Crippen LogP contribution in [0, 0.1) is 6.92 Å². The molecule has 1 aromatic rings. The Kier molecular flexibility index (Phi) is 7.90. The van der Waals surface area contributed by atoms with Crippen molar-refractivity contribution >= 4 is 5.78 Å². The predicted octanol–water partition coefficient (Wildman–Crippen LogP) is 3.79. The Hall–Kier alpha value is -1.40. The van der Waals surface area contributed by atoms with Gasteiger partial charge >= 0.3 is 6.18 Å². The summed E-state index contributed by atoms with van der Waals surface area (Å²) >= 11 is 0. The summed E-state index contributed by atoms with van der Waals surface area (Å²) in [5.41, 5.74) is 5.72. The van der Waals surface area contributed by atoms with Crippen LogP contribution in [-0.4, -0.2) is 35.9 Å². The Balaban J connectivity index is 0.000000243. The summed E-state index contributed by atoms with van der Waals surface area (Å²) in [4.78, 5) is 13.5. The minimum absolute atomic E-state index is 0.0499. The number of hydrogen-bond acceptors (Lipinski definition) is 3. The van der Waals surface area contributed by atoms with Gasteiger partial charge in [-0.15, -0.1) is 0 Å². The Morgan fingerprint density at radius 3 is 2.50 bits per heavy atom. The zero-order valence-electron chi connectivity index (χ0n) is 14.6. The highest BCUT2D eigenvalue weighted by Crippen LogP contribution is 2.29. The van der Waals surface area contributed by atoms with E-state index in [9.17, 15) is 18.0 Å². The molecular weight excluding hydrogens is 317 g/mol. The molecule has 2 N–H and O–H groups in total. The fourth-order valence-corrected chi connectivity index (χ4v) is 2.84. The molecule has 1 aliphatic heterocycles. The quantitative estimate of drug-likeness (QED) is 0.907. The van der Waals surface area contributed by atoms with E-state index in [1.54, 1.807) is 19.9 Å². The van der Waals surface area contributed by atoms with Crippen molar-refractivity contribution in [2.45, 2.75) is 58.3 Å². The summed E-state index contributed by atoms with van der Waals surface area (Å²) in [5.74, 6) is 0.250. The van der Waals surface area contributed by atoms with Crippen LogP contribution in [-0.2, 0) is 11.0 Å². The van der Waals surface area contributed by atoms with E-state index < -0.39 is 11.7 Å². The smallest absolute Gasteiger partial charge is 0.329 e.